The van der Waals surface area contributed by atoms with E-state index in [1.54, 1.807) is 0 Å². The number of aliphatic imine (C=N–C) groups is 1. The topological polar surface area (TPSA) is 82.6 Å². The summed E-state index contributed by atoms with van der Waals surface area (Å²) in [6.07, 6.45) is 5.90. The van der Waals surface area contributed by atoms with Crippen molar-refractivity contribution in [3.8, 4) is 0 Å². The van der Waals surface area contributed by atoms with Crippen molar-refractivity contribution >= 4 is 51.7 Å². The molecular formula is C15H31IN4O2S2. The largest absolute Gasteiger partial charge is 0.357 e. The molecule has 2 rings (SSSR count). The summed E-state index contributed by atoms with van der Waals surface area (Å²) in [6.45, 7) is 3.67. The summed E-state index contributed by atoms with van der Waals surface area (Å²) in [5.74, 6) is 3.64. The number of guanidine groups is 1. The minimum absolute atomic E-state index is 0. The maximum Gasteiger partial charge on any atom is 0.213 e. The smallest absolute Gasteiger partial charge is 0.213 e. The molecule has 2 fully saturated rings. The van der Waals surface area contributed by atoms with Gasteiger partial charge < -0.3 is 10.6 Å². The summed E-state index contributed by atoms with van der Waals surface area (Å²) >= 11 is 1.96. The molecule has 3 N–H and O–H groups in total. The lowest BCUT2D eigenvalue weighted by molar-refractivity contribution is 0.316. The summed E-state index contributed by atoms with van der Waals surface area (Å²) in [5.41, 5.74) is 0. The van der Waals surface area contributed by atoms with E-state index >= 15 is 0 Å². The Morgan fingerprint density at radius 2 is 2.04 bits per heavy atom. The van der Waals surface area contributed by atoms with Gasteiger partial charge in [-0.15, -0.1) is 24.0 Å². The van der Waals surface area contributed by atoms with E-state index in [0.717, 1.165) is 37.5 Å². The predicted molar refractivity (Wildman–Crippen MR) is 114 cm³/mol. The first-order valence-electron chi connectivity index (χ1n) is 8.69. The molecule has 1 atom stereocenters. The van der Waals surface area contributed by atoms with E-state index in [-0.39, 0.29) is 36.3 Å². The third-order valence-electron chi connectivity index (χ3n) is 4.29. The van der Waals surface area contributed by atoms with Crippen molar-refractivity contribution in [2.24, 2.45) is 10.9 Å². The van der Waals surface area contributed by atoms with Crippen molar-refractivity contribution in [2.45, 2.75) is 45.1 Å². The van der Waals surface area contributed by atoms with Gasteiger partial charge in [0.15, 0.2) is 5.96 Å². The molecule has 0 radical (unpaired) electrons. The van der Waals surface area contributed by atoms with Gasteiger partial charge in [-0.3, -0.25) is 4.99 Å². The van der Waals surface area contributed by atoms with Crippen LogP contribution in [0.15, 0.2) is 4.99 Å². The highest BCUT2D eigenvalue weighted by Crippen LogP contribution is 2.25. The molecule has 142 valence electrons. The number of thioether (sulfide) groups is 1. The average Bonchev–Trinajstić information content (AvgIpc) is 2.46. The van der Waals surface area contributed by atoms with Crippen LogP contribution in [0.5, 0.6) is 0 Å². The lowest BCUT2D eigenvalue weighted by atomic mass is 9.86. The van der Waals surface area contributed by atoms with Crippen molar-refractivity contribution in [1.82, 2.24) is 15.4 Å². The number of nitrogens with zero attached hydrogens (tertiary/aromatic N) is 1. The predicted octanol–water partition coefficient (Wildman–Crippen LogP) is 1.77. The Bertz CT molecular complexity index is 478. The van der Waals surface area contributed by atoms with E-state index in [9.17, 15) is 8.42 Å². The molecule has 1 saturated heterocycles. The molecule has 1 heterocycles. The van der Waals surface area contributed by atoms with Gasteiger partial charge in [0.1, 0.15) is 0 Å². The second-order valence-corrected chi connectivity index (χ2v) is 9.36. The zero-order valence-electron chi connectivity index (χ0n) is 14.4. The summed E-state index contributed by atoms with van der Waals surface area (Å²) in [5, 5.41) is 6.61. The van der Waals surface area contributed by atoms with Gasteiger partial charge in [0.25, 0.3) is 0 Å². The van der Waals surface area contributed by atoms with Crippen LogP contribution in [0, 0.1) is 5.92 Å². The van der Waals surface area contributed by atoms with Crippen LogP contribution < -0.4 is 15.4 Å². The molecule has 9 heteroatoms. The molecule has 1 saturated carbocycles. The first-order chi connectivity index (χ1) is 11.1. The SMILES string of the molecule is CCNC(=NCCS(=O)(=O)NCC1CCC1)NC1CCCSC1.I. The normalized spacial score (nSPS) is 22.4. The van der Waals surface area contributed by atoms with Gasteiger partial charge >= 0.3 is 0 Å². The number of halogens is 1. The Morgan fingerprint density at radius 3 is 2.62 bits per heavy atom. The molecule has 0 aromatic carbocycles. The van der Waals surface area contributed by atoms with Gasteiger partial charge in [-0.25, -0.2) is 13.1 Å². The molecule has 0 aromatic heterocycles. The van der Waals surface area contributed by atoms with Crippen LogP contribution >= 0.6 is 35.7 Å². The second kappa shape index (κ2) is 11.8. The molecular weight excluding hydrogens is 459 g/mol. The van der Waals surface area contributed by atoms with Crippen LogP contribution in [0.2, 0.25) is 0 Å². The third kappa shape index (κ3) is 8.57. The fourth-order valence-corrected chi connectivity index (χ4v) is 4.70. The number of sulfonamides is 1. The quantitative estimate of drug-likeness (QED) is 0.275. The molecule has 1 aliphatic heterocycles. The van der Waals surface area contributed by atoms with E-state index < -0.39 is 10.0 Å². The summed E-state index contributed by atoms with van der Waals surface area (Å²) in [7, 11) is -3.21. The highest BCUT2D eigenvalue weighted by molar-refractivity contribution is 14.0. The first kappa shape index (κ1) is 22.3. The molecule has 24 heavy (non-hydrogen) atoms. The number of hydrogen-bond acceptors (Lipinski definition) is 4. The zero-order chi connectivity index (χ0) is 16.5. The van der Waals surface area contributed by atoms with Gasteiger partial charge in [-0.05, 0) is 44.3 Å². The van der Waals surface area contributed by atoms with Crippen molar-refractivity contribution < 1.29 is 8.42 Å². The highest BCUT2D eigenvalue weighted by Gasteiger charge is 2.20. The van der Waals surface area contributed by atoms with E-state index in [1.165, 1.54) is 18.6 Å². The van der Waals surface area contributed by atoms with Crippen molar-refractivity contribution in [1.29, 1.82) is 0 Å². The minimum Gasteiger partial charge on any atom is -0.357 e. The number of rotatable bonds is 8. The van der Waals surface area contributed by atoms with Gasteiger partial charge in [-0.2, -0.15) is 11.8 Å². The lowest BCUT2D eigenvalue weighted by Gasteiger charge is -2.25. The Kier molecular flexibility index (Phi) is 11.0. The Balaban J connectivity index is 0.00000288. The van der Waals surface area contributed by atoms with Gasteiger partial charge in [0, 0.05) is 24.9 Å². The standard InChI is InChI=1S/C15H30N4O2S2.HI/c1-2-16-15(19-14-7-4-9-22-12-14)17-8-10-23(20,21)18-11-13-5-3-6-13;/h13-14,18H,2-12H2,1H3,(H2,16,17,19);1H. The Morgan fingerprint density at radius 1 is 1.25 bits per heavy atom. The number of nitrogens with one attached hydrogen (secondary N) is 3. The van der Waals surface area contributed by atoms with Crippen molar-refractivity contribution in [3.05, 3.63) is 0 Å². The summed E-state index contributed by atoms with van der Waals surface area (Å²) in [6, 6.07) is 0.430. The Labute approximate surface area is 167 Å². The lowest BCUT2D eigenvalue weighted by Crippen LogP contribution is -2.45. The molecule has 2 aliphatic rings. The fourth-order valence-electron chi connectivity index (χ4n) is 2.66. The summed E-state index contributed by atoms with van der Waals surface area (Å²) in [4.78, 5) is 4.42. The zero-order valence-corrected chi connectivity index (χ0v) is 18.4. The van der Waals surface area contributed by atoms with Gasteiger partial charge in [0.05, 0.1) is 12.3 Å². The molecule has 0 amide bonds. The maximum absolute atomic E-state index is 12.0. The Hall–Kier alpha value is 0.260. The second-order valence-electron chi connectivity index (χ2n) is 6.28. The monoisotopic (exact) mass is 490 g/mol. The molecule has 0 aromatic rings. The minimum atomic E-state index is -3.21. The van der Waals surface area contributed by atoms with Crippen LogP contribution in [0.25, 0.3) is 0 Å². The highest BCUT2D eigenvalue weighted by atomic mass is 127. The molecule has 0 spiro atoms. The van der Waals surface area contributed by atoms with Crippen LogP contribution in [-0.4, -0.2) is 57.3 Å². The van der Waals surface area contributed by atoms with Crippen LogP contribution in [0.4, 0.5) is 0 Å². The maximum atomic E-state index is 12.0. The van der Waals surface area contributed by atoms with E-state index in [4.69, 9.17) is 0 Å². The van der Waals surface area contributed by atoms with Gasteiger partial charge in [-0.1, -0.05) is 6.42 Å². The van der Waals surface area contributed by atoms with E-state index in [1.807, 2.05) is 18.7 Å². The third-order valence-corrected chi connectivity index (χ3v) is 6.83. The van der Waals surface area contributed by atoms with E-state index in [0.29, 0.717) is 18.5 Å². The molecule has 6 nitrogen and oxygen atoms in total. The van der Waals surface area contributed by atoms with Crippen molar-refractivity contribution in [3.63, 3.8) is 0 Å². The van der Waals surface area contributed by atoms with E-state index in [2.05, 4.69) is 20.3 Å². The molecule has 0 bridgehead atoms. The molecule has 1 unspecified atom stereocenters. The first-order valence-corrected chi connectivity index (χ1v) is 11.5. The average molecular weight is 490 g/mol. The van der Waals surface area contributed by atoms with Crippen LogP contribution in [-0.2, 0) is 10.0 Å². The van der Waals surface area contributed by atoms with Gasteiger partial charge in [0.2, 0.25) is 10.0 Å². The molecule has 1 aliphatic carbocycles. The van der Waals surface area contributed by atoms with Crippen LogP contribution in [0.3, 0.4) is 0 Å². The summed E-state index contributed by atoms with van der Waals surface area (Å²) < 4.78 is 26.7. The van der Waals surface area contributed by atoms with Crippen molar-refractivity contribution in [2.75, 3.05) is 36.9 Å². The van der Waals surface area contributed by atoms with Crippen LogP contribution in [0.1, 0.15) is 39.0 Å². The number of hydrogen-bond donors (Lipinski definition) is 3. The fraction of sp³-hybridized carbons (Fsp3) is 0.933.